The molecule has 3 nitrogen and oxygen atoms in total. The maximum absolute atomic E-state index is 12.6. The zero-order chi connectivity index (χ0) is 12.5. The third kappa shape index (κ3) is 2.38. The number of likely N-dealkylation sites (N-methyl/N-ethyl adjacent to an activating group) is 1. The van der Waals surface area contributed by atoms with Crippen molar-refractivity contribution in [3.63, 3.8) is 0 Å². The molecule has 1 aliphatic rings. The molecule has 0 bridgehead atoms. The molecule has 0 aliphatic carbocycles. The van der Waals surface area contributed by atoms with Gasteiger partial charge in [-0.3, -0.25) is 4.79 Å². The van der Waals surface area contributed by atoms with Crippen LogP contribution in [0, 0.1) is 5.41 Å². The van der Waals surface area contributed by atoms with Crippen molar-refractivity contribution in [2.75, 3.05) is 18.5 Å². The average molecular weight is 252 g/mol. The minimum absolute atomic E-state index is 0.0244. The molecule has 17 heavy (non-hydrogen) atoms. The SMILES string of the molecule is CNC1C(=O)N(c2ccsc2)CCCC1(C)C. The van der Waals surface area contributed by atoms with E-state index in [0.717, 1.165) is 25.1 Å². The molecule has 1 amide bonds. The molecule has 2 rings (SSSR count). The number of anilines is 1. The maximum Gasteiger partial charge on any atom is 0.244 e. The fourth-order valence-corrected chi connectivity index (χ4v) is 3.26. The van der Waals surface area contributed by atoms with Gasteiger partial charge in [0, 0.05) is 11.9 Å². The lowest BCUT2D eigenvalue weighted by atomic mass is 9.80. The third-order valence-corrected chi connectivity index (χ3v) is 4.27. The molecule has 1 atom stereocenters. The highest BCUT2D eigenvalue weighted by Crippen LogP contribution is 2.33. The number of hydrogen-bond acceptors (Lipinski definition) is 3. The molecule has 94 valence electrons. The van der Waals surface area contributed by atoms with Crippen molar-refractivity contribution in [3.05, 3.63) is 16.8 Å². The molecule has 0 aromatic carbocycles. The molecule has 1 aromatic rings. The lowest BCUT2D eigenvalue weighted by molar-refractivity contribution is -0.122. The highest BCUT2D eigenvalue weighted by Gasteiger charge is 2.39. The highest BCUT2D eigenvalue weighted by atomic mass is 32.1. The predicted molar refractivity (Wildman–Crippen MR) is 72.5 cm³/mol. The van der Waals surface area contributed by atoms with Crippen molar-refractivity contribution in [2.45, 2.75) is 32.7 Å². The molecule has 0 radical (unpaired) electrons. The van der Waals surface area contributed by atoms with Gasteiger partial charge in [0.2, 0.25) is 5.91 Å². The van der Waals surface area contributed by atoms with Gasteiger partial charge < -0.3 is 10.2 Å². The molecule has 1 fully saturated rings. The summed E-state index contributed by atoms with van der Waals surface area (Å²) in [4.78, 5) is 14.5. The molecule has 0 spiro atoms. The Morgan fingerprint density at radius 1 is 1.53 bits per heavy atom. The summed E-state index contributed by atoms with van der Waals surface area (Å²) in [7, 11) is 1.88. The quantitative estimate of drug-likeness (QED) is 0.877. The Kier molecular flexibility index (Phi) is 3.54. The molecule has 1 N–H and O–H groups in total. The van der Waals surface area contributed by atoms with Gasteiger partial charge in [0.05, 0.1) is 11.7 Å². The first-order chi connectivity index (χ1) is 8.06. The monoisotopic (exact) mass is 252 g/mol. The molecule has 1 aromatic heterocycles. The second-order valence-electron chi connectivity index (χ2n) is 5.29. The minimum Gasteiger partial charge on any atom is -0.310 e. The normalized spacial score (nSPS) is 24.8. The van der Waals surface area contributed by atoms with E-state index in [1.54, 1.807) is 11.3 Å². The zero-order valence-corrected chi connectivity index (χ0v) is 11.5. The van der Waals surface area contributed by atoms with Gasteiger partial charge in [0.1, 0.15) is 0 Å². The van der Waals surface area contributed by atoms with Crippen LogP contribution in [0.1, 0.15) is 26.7 Å². The summed E-state index contributed by atoms with van der Waals surface area (Å²) in [6.07, 6.45) is 2.14. The lowest BCUT2D eigenvalue weighted by Gasteiger charge is -2.32. The smallest absolute Gasteiger partial charge is 0.244 e. The molecule has 1 saturated heterocycles. The van der Waals surface area contributed by atoms with Crippen molar-refractivity contribution < 1.29 is 4.79 Å². The fourth-order valence-electron chi connectivity index (χ4n) is 2.62. The maximum atomic E-state index is 12.6. The predicted octanol–water partition coefficient (Wildman–Crippen LogP) is 2.49. The number of nitrogens with zero attached hydrogens (tertiary/aromatic N) is 1. The van der Waals surface area contributed by atoms with E-state index in [1.807, 2.05) is 28.8 Å². The van der Waals surface area contributed by atoms with Crippen LogP contribution in [0.5, 0.6) is 0 Å². The van der Waals surface area contributed by atoms with Crippen LogP contribution >= 0.6 is 11.3 Å². The first-order valence-electron chi connectivity index (χ1n) is 6.07. The van der Waals surface area contributed by atoms with Crippen LogP contribution in [-0.4, -0.2) is 25.5 Å². The van der Waals surface area contributed by atoms with Crippen molar-refractivity contribution in [1.29, 1.82) is 0 Å². The van der Waals surface area contributed by atoms with Crippen LogP contribution in [-0.2, 0) is 4.79 Å². The molecule has 4 heteroatoms. The first kappa shape index (κ1) is 12.6. The Morgan fingerprint density at radius 3 is 2.88 bits per heavy atom. The first-order valence-corrected chi connectivity index (χ1v) is 7.01. The Morgan fingerprint density at radius 2 is 2.29 bits per heavy atom. The average Bonchev–Trinajstić information content (AvgIpc) is 2.74. The van der Waals surface area contributed by atoms with E-state index in [1.165, 1.54) is 0 Å². The Hall–Kier alpha value is -0.870. The van der Waals surface area contributed by atoms with Crippen molar-refractivity contribution in [2.24, 2.45) is 5.41 Å². The number of thiophene rings is 1. The van der Waals surface area contributed by atoms with Crippen molar-refractivity contribution in [3.8, 4) is 0 Å². The second-order valence-corrected chi connectivity index (χ2v) is 6.07. The van der Waals surface area contributed by atoms with Crippen LogP contribution in [0.15, 0.2) is 16.8 Å². The molecular weight excluding hydrogens is 232 g/mol. The van der Waals surface area contributed by atoms with Crippen LogP contribution < -0.4 is 10.2 Å². The van der Waals surface area contributed by atoms with E-state index in [4.69, 9.17) is 0 Å². The van der Waals surface area contributed by atoms with Gasteiger partial charge in [0.25, 0.3) is 0 Å². The van der Waals surface area contributed by atoms with E-state index < -0.39 is 0 Å². The highest BCUT2D eigenvalue weighted by molar-refractivity contribution is 7.08. The van der Waals surface area contributed by atoms with E-state index >= 15 is 0 Å². The summed E-state index contributed by atoms with van der Waals surface area (Å²) in [6, 6.07) is 1.93. The number of carbonyl (C=O) groups is 1. The fraction of sp³-hybridized carbons (Fsp3) is 0.615. The Balaban J connectivity index is 2.29. The molecule has 2 heterocycles. The summed E-state index contributed by atoms with van der Waals surface area (Å²) < 4.78 is 0. The summed E-state index contributed by atoms with van der Waals surface area (Å²) in [5.41, 5.74) is 1.06. The van der Waals surface area contributed by atoms with Crippen LogP contribution in [0.3, 0.4) is 0 Å². The van der Waals surface area contributed by atoms with Crippen LogP contribution in [0.2, 0.25) is 0 Å². The molecule has 1 aliphatic heterocycles. The topological polar surface area (TPSA) is 32.3 Å². The summed E-state index contributed by atoms with van der Waals surface area (Å²) >= 11 is 1.64. The van der Waals surface area contributed by atoms with Crippen LogP contribution in [0.4, 0.5) is 5.69 Å². The van der Waals surface area contributed by atoms with Gasteiger partial charge in [-0.2, -0.15) is 11.3 Å². The van der Waals surface area contributed by atoms with Gasteiger partial charge in [0.15, 0.2) is 0 Å². The number of hydrogen-bond donors (Lipinski definition) is 1. The molecular formula is C13H20N2OS. The van der Waals surface area contributed by atoms with Gasteiger partial charge in [-0.25, -0.2) is 0 Å². The third-order valence-electron chi connectivity index (χ3n) is 3.60. The van der Waals surface area contributed by atoms with Gasteiger partial charge >= 0.3 is 0 Å². The van der Waals surface area contributed by atoms with E-state index in [-0.39, 0.29) is 17.4 Å². The zero-order valence-electron chi connectivity index (χ0n) is 10.7. The summed E-state index contributed by atoms with van der Waals surface area (Å²) in [5.74, 6) is 0.202. The second kappa shape index (κ2) is 4.78. The Bertz CT molecular complexity index is 386. The van der Waals surface area contributed by atoms with Crippen molar-refractivity contribution >= 4 is 22.9 Å². The summed E-state index contributed by atoms with van der Waals surface area (Å²) in [6.45, 7) is 5.17. The van der Waals surface area contributed by atoms with E-state index in [0.29, 0.717) is 0 Å². The van der Waals surface area contributed by atoms with Crippen LogP contribution in [0.25, 0.3) is 0 Å². The standard InChI is InChI=1S/C13H20N2OS/c1-13(2)6-4-7-15(10-5-8-17-9-10)12(16)11(13)14-3/h5,8-9,11,14H,4,6-7H2,1-3H3. The largest absolute Gasteiger partial charge is 0.310 e. The van der Waals surface area contributed by atoms with E-state index in [9.17, 15) is 4.79 Å². The molecule has 1 unspecified atom stereocenters. The Labute approximate surface area is 107 Å². The van der Waals surface area contributed by atoms with Gasteiger partial charge in [-0.05, 0) is 36.8 Å². The van der Waals surface area contributed by atoms with Gasteiger partial charge in [-0.1, -0.05) is 13.8 Å². The number of nitrogens with one attached hydrogen (secondary N) is 1. The number of amides is 1. The minimum atomic E-state index is -0.0927. The van der Waals surface area contributed by atoms with Crippen molar-refractivity contribution in [1.82, 2.24) is 5.32 Å². The lowest BCUT2D eigenvalue weighted by Crippen LogP contribution is -2.50. The molecule has 0 saturated carbocycles. The number of carbonyl (C=O) groups excluding carboxylic acids is 1. The van der Waals surface area contributed by atoms with Gasteiger partial charge in [-0.15, -0.1) is 0 Å². The van der Waals surface area contributed by atoms with E-state index in [2.05, 4.69) is 19.2 Å². The number of rotatable bonds is 2. The summed E-state index contributed by atoms with van der Waals surface area (Å²) in [5, 5.41) is 7.25.